The summed E-state index contributed by atoms with van der Waals surface area (Å²) in [5.74, 6) is -36.1. The second-order valence-corrected chi connectivity index (χ2v) is 14.4. The van der Waals surface area contributed by atoms with Crippen molar-refractivity contribution in [1.82, 2.24) is 0 Å². The second kappa shape index (κ2) is 23.3. The van der Waals surface area contributed by atoms with Gasteiger partial charge in [-0.2, -0.15) is 87.8 Å². The molecule has 2 atom stereocenters. The van der Waals surface area contributed by atoms with Gasteiger partial charge in [-0.25, -0.2) is 27.6 Å². The van der Waals surface area contributed by atoms with E-state index in [2.05, 4.69) is 62.4 Å². The number of hydrogen-bond donors (Lipinski definition) is 0. The minimum Gasteiger partial charge on any atom is -0.456 e. The van der Waals surface area contributed by atoms with Crippen molar-refractivity contribution in [1.29, 1.82) is 0 Å². The lowest BCUT2D eigenvalue weighted by Crippen LogP contribution is -2.84. The quantitative estimate of drug-likeness (QED) is 0.0204. The van der Waals surface area contributed by atoms with Gasteiger partial charge < -0.3 is 37.9 Å². The zero-order valence-electron chi connectivity index (χ0n) is 35.3. The van der Waals surface area contributed by atoms with Crippen LogP contribution in [0.25, 0.3) is 0 Å². The Balaban J connectivity index is 3.48. The summed E-state index contributed by atoms with van der Waals surface area (Å²) in [6.45, 7) is -14.1. The molecule has 0 aromatic carbocycles. The van der Waals surface area contributed by atoms with E-state index in [1.807, 2.05) is 0 Å². The predicted molar refractivity (Wildman–Crippen MR) is 184 cm³/mol. The lowest BCUT2D eigenvalue weighted by molar-refractivity contribution is -0.492. The van der Waals surface area contributed by atoms with Crippen LogP contribution in [0.4, 0.5) is 101 Å². The van der Waals surface area contributed by atoms with Gasteiger partial charge >= 0.3 is 83.7 Å². The Hall–Kier alpha value is -4.22. The zero-order chi connectivity index (χ0) is 55.6. The van der Waals surface area contributed by atoms with Gasteiger partial charge in [0.2, 0.25) is 11.3 Å². The molecule has 414 valence electrons. The third-order valence-corrected chi connectivity index (χ3v) is 8.97. The molecule has 1 rings (SSSR count). The van der Waals surface area contributed by atoms with Crippen molar-refractivity contribution < 1.29 is 158 Å². The fraction of sp³-hybridized carbons (Fsp3) is 0.750. The van der Waals surface area contributed by atoms with E-state index in [1.54, 1.807) is 0 Å². The van der Waals surface area contributed by atoms with Crippen molar-refractivity contribution in [2.45, 2.75) is 103 Å². The molecule has 2 unspecified atom stereocenters. The molecule has 71 heavy (non-hydrogen) atoms. The first-order valence-corrected chi connectivity index (χ1v) is 18.9. The van der Waals surface area contributed by atoms with Crippen LogP contribution in [0.2, 0.25) is 0 Å². The Kier molecular flexibility index (Phi) is 21.3. The van der Waals surface area contributed by atoms with Crippen molar-refractivity contribution in [3.63, 3.8) is 0 Å². The van der Waals surface area contributed by atoms with Gasteiger partial charge in [0.15, 0.2) is 19.8 Å². The van der Waals surface area contributed by atoms with E-state index in [0.717, 1.165) is 0 Å². The van der Waals surface area contributed by atoms with Crippen LogP contribution in [0.5, 0.6) is 0 Å². The Morgan fingerprint density at radius 1 is 0.465 bits per heavy atom. The van der Waals surface area contributed by atoms with Crippen molar-refractivity contribution in [3.8, 4) is 0 Å². The maximum Gasteiger partial charge on any atom is 0.422 e. The monoisotopic (exact) mass is 1100 g/mol. The molecular formula is C36H37F23O12. The van der Waals surface area contributed by atoms with Crippen LogP contribution in [0.1, 0.15) is 25.7 Å². The molecule has 0 radical (unpaired) electrons. The van der Waals surface area contributed by atoms with E-state index in [-0.39, 0.29) is 18.2 Å². The summed E-state index contributed by atoms with van der Waals surface area (Å²) in [5.41, 5.74) is -19.3. The first-order chi connectivity index (χ1) is 31.9. The second-order valence-electron chi connectivity index (χ2n) is 14.4. The lowest BCUT2D eigenvalue weighted by Gasteiger charge is -2.55. The van der Waals surface area contributed by atoms with Gasteiger partial charge in [0.05, 0.1) is 39.5 Å². The summed E-state index contributed by atoms with van der Waals surface area (Å²) < 4.78 is 370. The molecule has 0 heterocycles. The molecule has 0 aromatic rings. The van der Waals surface area contributed by atoms with Crippen LogP contribution >= 0.6 is 0 Å². The number of ether oxygens (including phenoxy) is 9. The molecular weight excluding hydrogens is 1060 g/mol. The number of carbonyl (C=O) groups is 3. The average Bonchev–Trinajstić information content (AvgIpc) is 3.24. The van der Waals surface area contributed by atoms with Gasteiger partial charge in [0.1, 0.15) is 0 Å². The molecule has 35 heteroatoms. The van der Waals surface area contributed by atoms with E-state index in [0.29, 0.717) is 0 Å². The lowest BCUT2D eigenvalue weighted by atomic mass is 9.64. The Labute approximate surface area is 383 Å². The van der Waals surface area contributed by atoms with Crippen LogP contribution in [0.15, 0.2) is 38.0 Å². The predicted octanol–water partition coefficient (Wildman–Crippen LogP) is 9.11. The molecule has 1 aliphatic rings. The molecule has 1 aliphatic carbocycles. The fourth-order valence-corrected chi connectivity index (χ4v) is 5.16. The smallest absolute Gasteiger partial charge is 0.422 e. The third kappa shape index (κ3) is 15.0. The number of rotatable bonds is 33. The average molecular weight is 1100 g/mol. The maximum atomic E-state index is 16.3. The minimum absolute atomic E-state index is 0.161. The molecule has 0 bridgehead atoms. The maximum absolute atomic E-state index is 16.3. The summed E-state index contributed by atoms with van der Waals surface area (Å²) in [5, 5.41) is 0. The third-order valence-electron chi connectivity index (χ3n) is 8.97. The molecule has 0 aromatic heterocycles. The van der Waals surface area contributed by atoms with Gasteiger partial charge in [-0.15, -0.1) is 0 Å². The van der Waals surface area contributed by atoms with E-state index >= 15 is 39.5 Å². The van der Waals surface area contributed by atoms with Crippen molar-refractivity contribution in [3.05, 3.63) is 38.0 Å². The normalized spacial score (nSPS) is 22.4. The molecule has 0 spiro atoms. The summed E-state index contributed by atoms with van der Waals surface area (Å²) in [7, 11) is 0. The Morgan fingerprint density at radius 3 is 1.06 bits per heavy atom. The molecule has 1 fully saturated rings. The van der Waals surface area contributed by atoms with Gasteiger partial charge in [0.25, 0.3) is 0 Å². The van der Waals surface area contributed by atoms with Crippen LogP contribution < -0.4 is 0 Å². The van der Waals surface area contributed by atoms with Gasteiger partial charge in [0, 0.05) is 37.9 Å². The van der Waals surface area contributed by atoms with Crippen molar-refractivity contribution in [2.24, 2.45) is 0 Å². The van der Waals surface area contributed by atoms with Crippen molar-refractivity contribution in [2.75, 3.05) is 66.1 Å². The molecule has 0 amide bonds. The highest BCUT2D eigenvalue weighted by molar-refractivity contribution is 5.81. The first-order valence-electron chi connectivity index (χ1n) is 18.9. The molecule has 0 aliphatic heterocycles. The highest BCUT2D eigenvalue weighted by Crippen LogP contribution is 2.68. The summed E-state index contributed by atoms with van der Waals surface area (Å²) in [4.78, 5) is 32.7. The van der Waals surface area contributed by atoms with E-state index in [4.69, 9.17) is 0 Å². The standard InChI is InChI=1S/C36H37F23O12/c1-4-21(60)65-18-26(39,40)33(52,53)68-12-7-10-63-16-24(37)15-25(38,17-64-11-8-13-69-34(54,55)27(41,42)19-66-22(61)5-2)32(50,51)30(47,31(24,48)49)36(58,59)71-29(45,46)9-14-70-35(56,57)28(43,44)20-67-23(62)6-3/h4-6H,1-3,7-20H2. The van der Waals surface area contributed by atoms with E-state index in [1.165, 1.54) is 0 Å². The molecule has 0 saturated heterocycles. The molecule has 12 nitrogen and oxygen atoms in total. The number of alkyl halides is 23. The number of hydrogen-bond acceptors (Lipinski definition) is 12. The molecule has 0 N–H and O–H groups in total. The van der Waals surface area contributed by atoms with Crippen LogP contribution in [0.3, 0.4) is 0 Å². The summed E-state index contributed by atoms with van der Waals surface area (Å²) in [6, 6.07) is 0. The topological polar surface area (TPSA) is 134 Å². The SMILES string of the molecule is C=CC(=O)OCC(F)(F)C(F)(F)OCCCOCC1(F)CC(F)(COCCCOC(F)(F)C(F)(F)COC(=O)C=C)C(F)(F)C(F)(C(F)(F)OC(F)(F)CCOC(F)(F)C(F)(F)COC(=O)C=C)C1(F)F. The number of esters is 3. The summed E-state index contributed by atoms with van der Waals surface area (Å²) >= 11 is 0. The van der Waals surface area contributed by atoms with Gasteiger partial charge in [-0.05, 0) is 12.8 Å². The highest BCUT2D eigenvalue weighted by atomic mass is 19.4. The summed E-state index contributed by atoms with van der Waals surface area (Å²) in [6.07, 6.45) is -39.5. The Bertz CT molecular complexity index is 1750. The van der Waals surface area contributed by atoms with Crippen LogP contribution in [-0.4, -0.2) is 161 Å². The minimum atomic E-state index is -7.84. The van der Waals surface area contributed by atoms with E-state index < -0.39 is 187 Å². The van der Waals surface area contributed by atoms with Crippen LogP contribution in [0, 0.1) is 0 Å². The molecule has 1 saturated carbocycles. The van der Waals surface area contributed by atoms with E-state index in [9.17, 15) is 75.8 Å². The number of halogens is 23. The zero-order valence-corrected chi connectivity index (χ0v) is 35.3. The largest absolute Gasteiger partial charge is 0.456 e. The highest BCUT2D eigenvalue weighted by Gasteiger charge is 2.96. The van der Waals surface area contributed by atoms with Gasteiger partial charge in [-0.1, -0.05) is 19.7 Å². The number of carbonyl (C=O) groups excluding carboxylic acids is 3. The van der Waals surface area contributed by atoms with Crippen LogP contribution in [-0.2, 0) is 57.0 Å². The first kappa shape index (κ1) is 64.8. The van der Waals surface area contributed by atoms with Crippen molar-refractivity contribution >= 4 is 17.9 Å². The fourth-order valence-electron chi connectivity index (χ4n) is 5.16. The van der Waals surface area contributed by atoms with Gasteiger partial charge in [-0.3, -0.25) is 4.74 Å². The Morgan fingerprint density at radius 2 is 0.761 bits per heavy atom.